The molecule has 2 unspecified atom stereocenters. The second-order valence-corrected chi connectivity index (χ2v) is 4.16. The van der Waals surface area contributed by atoms with Crippen LogP contribution in [0.25, 0.3) is 0 Å². The van der Waals surface area contributed by atoms with E-state index in [0.29, 0.717) is 18.7 Å². The maximum atomic E-state index is 13.7. The molecule has 0 aliphatic carbocycles. The predicted octanol–water partition coefficient (Wildman–Crippen LogP) is 2.04. The molecule has 0 radical (unpaired) electrons. The van der Waals surface area contributed by atoms with Crippen molar-refractivity contribution < 1.29 is 9.13 Å². The van der Waals surface area contributed by atoms with Gasteiger partial charge in [-0.3, -0.25) is 0 Å². The summed E-state index contributed by atoms with van der Waals surface area (Å²) in [5.41, 5.74) is 5.76. The zero-order valence-electron chi connectivity index (χ0n) is 8.87. The van der Waals surface area contributed by atoms with Gasteiger partial charge in [0, 0.05) is 18.1 Å². The van der Waals surface area contributed by atoms with Crippen molar-refractivity contribution >= 4 is 0 Å². The molecule has 1 heterocycles. The van der Waals surface area contributed by atoms with Crippen molar-refractivity contribution in [2.45, 2.75) is 18.9 Å². The Labute approximate surface area is 89.2 Å². The summed E-state index contributed by atoms with van der Waals surface area (Å²) in [6.07, 6.45) is 0.904. The Morgan fingerprint density at radius 1 is 1.53 bits per heavy atom. The minimum Gasteiger partial charge on any atom is -0.370 e. The van der Waals surface area contributed by atoms with Crippen LogP contribution in [0.2, 0.25) is 0 Å². The quantitative estimate of drug-likeness (QED) is 0.809. The summed E-state index contributed by atoms with van der Waals surface area (Å²) in [6.45, 7) is 3.12. The van der Waals surface area contributed by atoms with Gasteiger partial charge in [0.25, 0.3) is 0 Å². The summed E-state index contributed by atoms with van der Waals surface area (Å²) in [5.74, 6) is -0.00486. The molecule has 82 valence electrons. The summed E-state index contributed by atoms with van der Waals surface area (Å²) in [7, 11) is 0. The second-order valence-electron chi connectivity index (χ2n) is 4.16. The largest absolute Gasteiger partial charge is 0.370 e. The number of hydrogen-bond donors (Lipinski definition) is 1. The lowest BCUT2D eigenvalue weighted by molar-refractivity contribution is -0.0107. The van der Waals surface area contributed by atoms with E-state index < -0.39 is 5.60 Å². The van der Waals surface area contributed by atoms with E-state index in [9.17, 15) is 4.39 Å². The van der Waals surface area contributed by atoms with Crippen LogP contribution < -0.4 is 5.73 Å². The number of hydrogen-bond acceptors (Lipinski definition) is 2. The minimum atomic E-state index is -0.555. The number of nitrogens with two attached hydrogens (primary N) is 1. The zero-order valence-corrected chi connectivity index (χ0v) is 8.87. The second kappa shape index (κ2) is 3.91. The molecule has 2 atom stereocenters. The molecule has 2 N–H and O–H groups in total. The number of ether oxygens (including phenoxy) is 1. The molecule has 1 aromatic carbocycles. The lowest BCUT2D eigenvalue weighted by Crippen LogP contribution is -2.34. The summed E-state index contributed by atoms with van der Waals surface area (Å²) in [4.78, 5) is 0. The third-order valence-corrected chi connectivity index (χ3v) is 3.34. The SMILES string of the molecule is CC1(c2ccccc2F)OCCC1CN. The molecule has 0 bridgehead atoms. The summed E-state index contributed by atoms with van der Waals surface area (Å²) >= 11 is 0. The molecular formula is C12H16FNO. The average Bonchev–Trinajstić information content (AvgIpc) is 2.61. The number of rotatable bonds is 2. The van der Waals surface area contributed by atoms with Crippen LogP contribution in [0.4, 0.5) is 4.39 Å². The van der Waals surface area contributed by atoms with Crippen molar-refractivity contribution in [1.82, 2.24) is 0 Å². The first-order valence-corrected chi connectivity index (χ1v) is 5.27. The van der Waals surface area contributed by atoms with Gasteiger partial charge in [-0.1, -0.05) is 18.2 Å². The van der Waals surface area contributed by atoms with Gasteiger partial charge >= 0.3 is 0 Å². The van der Waals surface area contributed by atoms with Gasteiger partial charge in [-0.05, 0) is 26.0 Å². The van der Waals surface area contributed by atoms with E-state index in [4.69, 9.17) is 10.5 Å². The maximum absolute atomic E-state index is 13.7. The molecule has 0 saturated carbocycles. The fourth-order valence-electron chi connectivity index (χ4n) is 2.31. The van der Waals surface area contributed by atoms with Crippen molar-refractivity contribution in [3.8, 4) is 0 Å². The Kier molecular flexibility index (Phi) is 2.76. The molecule has 2 rings (SSSR count). The monoisotopic (exact) mass is 209 g/mol. The highest BCUT2D eigenvalue weighted by Crippen LogP contribution is 2.41. The number of benzene rings is 1. The fraction of sp³-hybridized carbons (Fsp3) is 0.500. The molecule has 3 heteroatoms. The molecule has 1 aromatic rings. The van der Waals surface area contributed by atoms with Crippen LogP contribution in [0, 0.1) is 11.7 Å². The molecule has 1 aliphatic heterocycles. The maximum Gasteiger partial charge on any atom is 0.129 e. The summed E-state index contributed by atoms with van der Waals surface area (Å²) in [5, 5.41) is 0. The Morgan fingerprint density at radius 3 is 2.93 bits per heavy atom. The molecule has 0 spiro atoms. The van der Waals surface area contributed by atoms with Crippen LogP contribution in [0.3, 0.4) is 0 Å². The average molecular weight is 209 g/mol. The van der Waals surface area contributed by atoms with Crippen molar-refractivity contribution in [2.24, 2.45) is 11.7 Å². The van der Waals surface area contributed by atoms with Gasteiger partial charge in [0.2, 0.25) is 0 Å². The molecule has 1 fully saturated rings. The van der Waals surface area contributed by atoms with E-state index in [0.717, 1.165) is 6.42 Å². The lowest BCUT2D eigenvalue weighted by atomic mass is 9.83. The normalized spacial score (nSPS) is 30.7. The Balaban J connectivity index is 2.40. The lowest BCUT2D eigenvalue weighted by Gasteiger charge is -2.30. The standard InChI is InChI=1S/C12H16FNO/c1-12(9(8-14)6-7-15-12)10-4-2-3-5-11(10)13/h2-5,9H,6-8,14H2,1H3. The van der Waals surface area contributed by atoms with Crippen LogP contribution in [0.15, 0.2) is 24.3 Å². The number of halogens is 1. The van der Waals surface area contributed by atoms with Crippen LogP contribution in [0.1, 0.15) is 18.9 Å². The van der Waals surface area contributed by atoms with Crippen LogP contribution in [0.5, 0.6) is 0 Å². The topological polar surface area (TPSA) is 35.2 Å². The Bertz CT molecular complexity index is 355. The molecule has 0 amide bonds. The van der Waals surface area contributed by atoms with Crippen molar-refractivity contribution in [1.29, 1.82) is 0 Å². The van der Waals surface area contributed by atoms with E-state index in [-0.39, 0.29) is 11.7 Å². The van der Waals surface area contributed by atoms with Gasteiger partial charge in [-0.25, -0.2) is 4.39 Å². The van der Waals surface area contributed by atoms with Crippen molar-refractivity contribution in [3.63, 3.8) is 0 Å². The summed E-state index contributed by atoms with van der Waals surface area (Å²) < 4.78 is 19.4. The third-order valence-electron chi connectivity index (χ3n) is 3.34. The van der Waals surface area contributed by atoms with E-state index in [1.165, 1.54) is 6.07 Å². The first-order chi connectivity index (χ1) is 7.18. The molecule has 1 aliphatic rings. The highest BCUT2D eigenvalue weighted by Gasteiger charge is 2.42. The minimum absolute atomic E-state index is 0.203. The fourth-order valence-corrected chi connectivity index (χ4v) is 2.31. The summed E-state index contributed by atoms with van der Waals surface area (Å²) in [6, 6.07) is 6.77. The Morgan fingerprint density at radius 2 is 2.27 bits per heavy atom. The first kappa shape index (κ1) is 10.6. The van der Waals surface area contributed by atoms with E-state index in [2.05, 4.69) is 0 Å². The van der Waals surface area contributed by atoms with Gasteiger partial charge in [-0.2, -0.15) is 0 Å². The zero-order chi connectivity index (χ0) is 10.9. The molecule has 0 aromatic heterocycles. The van der Waals surface area contributed by atoms with Crippen LogP contribution in [-0.2, 0) is 10.3 Å². The molecule has 1 saturated heterocycles. The predicted molar refractivity (Wildman–Crippen MR) is 56.9 cm³/mol. The van der Waals surface area contributed by atoms with E-state index >= 15 is 0 Å². The van der Waals surface area contributed by atoms with E-state index in [1.807, 2.05) is 13.0 Å². The smallest absolute Gasteiger partial charge is 0.129 e. The Hall–Kier alpha value is -0.930. The van der Waals surface area contributed by atoms with Crippen LogP contribution in [-0.4, -0.2) is 13.2 Å². The first-order valence-electron chi connectivity index (χ1n) is 5.27. The van der Waals surface area contributed by atoms with Gasteiger partial charge in [0.05, 0.1) is 5.60 Å². The van der Waals surface area contributed by atoms with Crippen LogP contribution >= 0.6 is 0 Å². The van der Waals surface area contributed by atoms with E-state index in [1.54, 1.807) is 12.1 Å². The van der Waals surface area contributed by atoms with Gasteiger partial charge in [-0.15, -0.1) is 0 Å². The van der Waals surface area contributed by atoms with Crippen molar-refractivity contribution in [3.05, 3.63) is 35.6 Å². The molecule has 15 heavy (non-hydrogen) atoms. The van der Waals surface area contributed by atoms with Gasteiger partial charge in [0.15, 0.2) is 0 Å². The van der Waals surface area contributed by atoms with Gasteiger partial charge in [0.1, 0.15) is 5.82 Å². The highest BCUT2D eigenvalue weighted by molar-refractivity contribution is 5.26. The highest BCUT2D eigenvalue weighted by atomic mass is 19.1. The molecular weight excluding hydrogens is 193 g/mol. The molecule has 2 nitrogen and oxygen atoms in total. The van der Waals surface area contributed by atoms with Crippen molar-refractivity contribution in [2.75, 3.05) is 13.2 Å². The van der Waals surface area contributed by atoms with Gasteiger partial charge < -0.3 is 10.5 Å². The third kappa shape index (κ3) is 1.66.